The Labute approximate surface area is 212 Å². The van der Waals surface area contributed by atoms with E-state index in [9.17, 15) is 4.79 Å². The van der Waals surface area contributed by atoms with Crippen LogP contribution in [-0.4, -0.2) is 22.1 Å². The monoisotopic (exact) mass is 513 g/mol. The van der Waals surface area contributed by atoms with Crippen LogP contribution < -0.4 is 15.4 Å². The molecule has 0 saturated carbocycles. The number of amides is 1. The molecule has 0 aliphatic rings. The molecule has 1 aromatic heterocycles. The van der Waals surface area contributed by atoms with E-state index in [1.165, 1.54) is 0 Å². The van der Waals surface area contributed by atoms with Crippen LogP contribution in [0.25, 0.3) is 22.6 Å². The van der Waals surface area contributed by atoms with Gasteiger partial charge in [-0.3, -0.25) is 10.1 Å². The number of benzene rings is 3. The zero-order valence-corrected chi connectivity index (χ0v) is 20.9. The molecule has 0 bridgehead atoms. The molecular formula is C25H21Cl2N3O3S. The van der Waals surface area contributed by atoms with Gasteiger partial charge in [-0.05, 0) is 86.6 Å². The Morgan fingerprint density at radius 1 is 1.09 bits per heavy atom. The van der Waals surface area contributed by atoms with Crippen molar-refractivity contribution in [3.8, 4) is 17.2 Å². The number of oxazole rings is 1. The number of carbonyl (C=O) groups excluding carboxylic acids is 1. The minimum absolute atomic E-state index is 0.135. The molecule has 1 atom stereocenters. The van der Waals surface area contributed by atoms with Crippen molar-refractivity contribution in [2.75, 3.05) is 5.32 Å². The average molecular weight is 514 g/mol. The molecule has 4 aromatic rings. The van der Waals surface area contributed by atoms with Gasteiger partial charge in [0.1, 0.15) is 11.3 Å². The van der Waals surface area contributed by atoms with Crippen LogP contribution in [0.4, 0.5) is 5.69 Å². The van der Waals surface area contributed by atoms with Crippen molar-refractivity contribution in [2.45, 2.75) is 26.9 Å². The molecule has 9 heteroatoms. The Morgan fingerprint density at radius 3 is 2.65 bits per heavy atom. The van der Waals surface area contributed by atoms with Gasteiger partial charge < -0.3 is 14.5 Å². The van der Waals surface area contributed by atoms with Crippen LogP contribution >= 0.6 is 35.4 Å². The highest BCUT2D eigenvalue weighted by atomic mass is 35.5. The maximum absolute atomic E-state index is 12.6. The number of fused-ring (bicyclic) bond motifs is 1. The van der Waals surface area contributed by atoms with Crippen LogP contribution in [0.1, 0.15) is 18.1 Å². The van der Waals surface area contributed by atoms with Crippen molar-refractivity contribution in [2.24, 2.45) is 0 Å². The number of anilines is 1. The highest BCUT2D eigenvalue weighted by Crippen LogP contribution is 2.29. The van der Waals surface area contributed by atoms with E-state index in [4.69, 9.17) is 44.6 Å². The van der Waals surface area contributed by atoms with E-state index in [0.29, 0.717) is 21.7 Å². The molecule has 1 unspecified atom stereocenters. The lowest BCUT2D eigenvalue weighted by Crippen LogP contribution is -2.42. The zero-order valence-electron chi connectivity index (χ0n) is 18.6. The molecule has 0 radical (unpaired) electrons. The Morgan fingerprint density at radius 2 is 1.88 bits per heavy atom. The van der Waals surface area contributed by atoms with Crippen LogP contribution in [0.3, 0.4) is 0 Å². The summed E-state index contributed by atoms with van der Waals surface area (Å²) < 4.78 is 11.6. The minimum Gasteiger partial charge on any atom is -0.479 e. The smallest absolute Gasteiger partial charge is 0.266 e. The SMILES string of the molecule is Cc1ccc2nc(-c3ccc(C)c(NC(=S)NC(=O)C(C)Oc4ccc(Cl)cc4Cl)c3)oc2c1. The Kier molecular flexibility index (Phi) is 7.07. The number of hydrogen-bond acceptors (Lipinski definition) is 5. The number of thiocarbonyl (C=S) groups is 1. The highest BCUT2D eigenvalue weighted by molar-refractivity contribution is 7.80. The lowest BCUT2D eigenvalue weighted by molar-refractivity contribution is -0.125. The van der Waals surface area contributed by atoms with Crippen LogP contribution in [0, 0.1) is 13.8 Å². The molecule has 4 rings (SSSR count). The second-order valence-electron chi connectivity index (χ2n) is 7.80. The molecule has 1 amide bonds. The lowest BCUT2D eigenvalue weighted by Gasteiger charge is -2.17. The predicted octanol–water partition coefficient (Wildman–Crippen LogP) is 6.70. The second-order valence-corrected chi connectivity index (χ2v) is 9.05. The molecule has 174 valence electrons. The maximum atomic E-state index is 12.6. The van der Waals surface area contributed by atoms with Gasteiger partial charge in [0.15, 0.2) is 16.8 Å². The van der Waals surface area contributed by atoms with Crippen molar-refractivity contribution < 1.29 is 13.9 Å². The van der Waals surface area contributed by atoms with E-state index in [1.54, 1.807) is 25.1 Å². The Bertz CT molecular complexity index is 1400. The lowest BCUT2D eigenvalue weighted by atomic mass is 10.1. The normalized spacial score (nSPS) is 11.8. The number of halogens is 2. The Hall–Kier alpha value is -3.13. The summed E-state index contributed by atoms with van der Waals surface area (Å²) >= 11 is 17.4. The molecule has 0 aliphatic heterocycles. The molecule has 0 fully saturated rings. The second kappa shape index (κ2) is 10.0. The van der Waals surface area contributed by atoms with Crippen molar-refractivity contribution >= 4 is 63.2 Å². The molecule has 2 N–H and O–H groups in total. The van der Waals surface area contributed by atoms with E-state index < -0.39 is 12.0 Å². The van der Waals surface area contributed by atoms with Gasteiger partial charge in [0.25, 0.3) is 5.91 Å². The maximum Gasteiger partial charge on any atom is 0.266 e. The fraction of sp³-hybridized carbons (Fsp3) is 0.160. The average Bonchev–Trinajstić information content (AvgIpc) is 3.20. The first-order valence-corrected chi connectivity index (χ1v) is 11.6. The summed E-state index contributed by atoms with van der Waals surface area (Å²) in [6.45, 7) is 5.53. The number of ether oxygens (including phenoxy) is 1. The summed E-state index contributed by atoms with van der Waals surface area (Å²) in [5.41, 5.74) is 5.04. The molecule has 0 spiro atoms. The standard InChI is InChI=1S/C25H21Cl2N3O3S/c1-13-4-8-19-22(10-13)33-24(28-19)16-6-5-14(2)20(11-16)29-25(34)30-23(31)15(3)32-21-9-7-17(26)12-18(21)27/h4-12,15H,1-3H3,(H2,29,30,31,34). The number of aryl methyl sites for hydroxylation is 2. The topological polar surface area (TPSA) is 76.4 Å². The summed E-state index contributed by atoms with van der Waals surface area (Å²) in [5.74, 6) is 0.428. The molecule has 0 aliphatic carbocycles. The fourth-order valence-electron chi connectivity index (χ4n) is 3.23. The molecule has 6 nitrogen and oxygen atoms in total. The van der Waals surface area contributed by atoms with Gasteiger partial charge in [-0.1, -0.05) is 35.3 Å². The van der Waals surface area contributed by atoms with Gasteiger partial charge >= 0.3 is 0 Å². The number of rotatable bonds is 5. The first kappa shape index (κ1) is 24.0. The third-order valence-electron chi connectivity index (χ3n) is 5.08. The zero-order chi connectivity index (χ0) is 24.4. The number of carbonyl (C=O) groups is 1. The Balaban J connectivity index is 1.44. The van der Waals surface area contributed by atoms with Crippen molar-refractivity contribution in [1.29, 1.82) is 0 Å². The molecule has 1 heterocycles. The van der Waals surface area contributed by atoms with Gasteiger partial charge in [-0.15, -0.1) is 0 Å². The molecule has 0 saturated heterocycles. The summed E-state index contributed by atoms with van der Waals surface area (Å²) in [6.07, 6.45) is -0.839. The van der Waals surface area contributed by atoms with Crippen LogP contribution in [-0.2, 0) is 4.79 Å². The van der Waals surface area contributed by atoms with Gasteiger partial charge in [-0.25, -0.2) is 4.98 Å². The number of nitrogens with zero attached hydrogens (tertiary/aromatic N) is 1. The van der Waals surface area contributed by atoms with Gasteiger partial charge in [0, 0.05) is 16.3 Å². The third-order valence-corrected chi connectivity index (χ3v) is 5.81. The van der Waals surface area contributed by atoms with E-state index in [1.807, 2.05) is 50.2 Å². The summed E-state index contributed by atoms with van der Waals surface area (Å²) in [7, 11) is 0. The van der Waals surface area contributed by atoms with Crippen molar-refractivity contribution in [1.82, 2.24) is 10.3 Å². The summed E-state index contributed by atoms with van der Waals surface area (Å²) in [5, 5.41) is 6.63. The van der Waals surface area contributed by atoms with Gasteiger partial charge in [0.05, 0.1) is 5.02 Å². The van der Waals surface area contributed by atoms with Crippen molar-refractivity contribution in [3.63, 3.8) is 0 Å². The van der Waals surface area contributed by atoms with E-state index >= 15 is 0 Å². The minimum atomic E-state index is -0.839. The predicted molar refractivity (Wildman–Crippen MR) is 140 cm³/mol. The first-order chi connectivity index (χ1) is 16.2. The third kappa shape index (κ3) is 5.50. The molecule has 3 aromatic carbocycles. The largest absolute Gasteiger partial charge is 0.479 e. The van der Waals surface area contributed by atoms with E-state index in [0.717, 1.165) is 33.5 Å². The van der Waals surface area contributed by atoms with Gasteiger partial charge in [-0.2, -0.15) is 0 Å². The van der Waals surface area contributed by atoms with Crippen molar-refractivity contribution in [3.05, 3.63) is 75.8 Å². The van der Waals surface area contributed by atoms with E-state index in [2.05, 4.69) is 15.6 Å². The first-order valence-electron chi connectivity index (χ1n) is 10.4. The highest BCUT2D eigenvalue weighted by Gasteiger charge is 2.18. The number of aromatic nitrogens is 1. The van der Waals surface area contributed by atoms with Crippen LogP contribution in [0.15, 0.2) is 59.0 Å². The fourth-order valence-corrected chi connectivity index (χ4v) is 3.89. The molecule has 34 heavy (non-hydrogen) atoms. The molecular weight excluding hydrogens is 493 g/mol. The summed E-state index contributed by atoms with van der Waals surface area (Å²) in [6, 6.07) is 16.4. The van der Waals surface area contributed by atoms with Crippen LogP contribution in [0.5, 0.6) is 5.75 Å². The van der Waals surface area contributed by atoms with Crippen LogP contribution in [0.2, 0.25) is 10.0 Å². The van der Waals surface area contributed by atoms with E-state index in [-0.39, 0.29) is 5.11 Å². The number of nitrogens with one attached hydrogen (secondary N) is 2. The quantitative estimate of drug-likeness (QED) is 0.289. The number of hydrogen-bond donors (Lipinski definition) is 2. The van der Waals surface area contributed by atoms with Gasteiger partial charge in [0.2, 0.25) is 5.89 Å². The summed E-state index contributed by atoms with van der Waals surface area (Å²) in [4.78, 5) is 17.1.